The number of hydrogen-bond donors (Lipinski definition) is 0. The third-order valence-electron chi connectivity index (χ3n) is 14.1. The van der Waals surface area contributed by atoms with Crippen molar-refractivity contribution in [3.63, 3.8) is 0 Å². The number of rotatable bonds is 6. The molecule has 0 aliphatic carbocycles. The third-order valence-corrected chi connectivity index (χ3v) is 16.6. The molecule has 2 unspecified atom stereocenters. The Morgan fingerprint density at radius 3 is 1.04 bits per heavy atom. The molecule has 10 aromatic carbocycles. The van der Waals surface area contributed by atoms with Crippen LogP contribution in [-0.2, 0) is 0 Å². The van der Waals surface area contributed by atoms with Gasteiger partial charge in [0.15, 0.2) is 0 Å². The molecule has 0 aliphatic rings. The lowest BCUT2D eigenvalue weighted by Crippen LogP contribution is -2.03. The minimum absolute atomic E-state index is 0.0261. The van der Waals surface area contributed by atoms with Crippen LogP contribution in [0, 0.1) is 0 Å². The van der Waals surface area contributed by atoms with Crippen molar-refractivity contribution in [1.82, 2.24) is 0 Å². The maximum atomic E-state index is 6.80. The van der Waals surface area contributed by atoms with E-state index < -0.39 is 0 Å². The minimum atomic E-state index is 0.0261. The van der Waals surface area contributed by atoms with Gasteiger partial charge in [-0.05, 0) is 81.9 Å². The fraction of sp³-hybridized carbons (Fsp3) is 0.0323. The van der Waals surface area contributed by atoms with Crippen molar-refractivity contribution in [2.45, 2.75) is 11.8 Å². The van der Waals surface area contributed by atoms with Gasteiger partial charge in [0.2, 0.25) is 0 Å². The first-order chi connectivity index (χ1) is 33.2. The quantitative estimate of drug-likeness (QED) is 0.156. The van der Waals surface area contributed by atoms with Crippen molar-refractivity contribution in [2.24, 2.45) is 0 Å². The second-order valence-electron chi connectivity index (χ2n) is 17.8. The summed E-state index contributed by atoms with van der Waals surface area (Å²) in [6.45, 7) is 0. The second kappa shape index (κ2) is 14.3. The van der Waals surface area contributed by atoms with Gasteiger partial charge in [-0.15, -0.1) is 22.7 Å². The summed E-state index contributed by atoms with van der Waals surface area (Å²) in [6, 6.07) is 74.8. The molecule has 15 rings (SSSR count). The Labute approximate surface area is 391 Å². The molecule has 0 amide bonds. The molecule has 0 radical (unpaired) electrons. The highest BCUT2D eigenvalue weighted by Crippen LogP contribution is 2.47. The molecule has 314 valence electrons. The van der Waals surface area contributed by atoms with Crippen molar-refractivity contribution in [1.29, 1.82) is 0 Å². The van der Waals surface area contributed by atoms with Gasteiger partial charge in [0.1, 0.15) is 33.5 Å². The molecule has 0 saturated heterocycles. The molecule has 0 fully saturated rings. The third kappa shape index (κ3) is 5.62. The van der Waals surface area contributed by atoms with Gasteiger partial charge in [0.25, 0.3) is 0 Å². The van der Waals surface area contributed by atoms with Crippen LogP contribution in [0.3, 0.4) is 0 Å². The highest BCUT2D eigenvalue weighted by molar-refractivity contribution is 7.26. The zero-order valence-corrected chi connectivity index (χ0v) is 37.5. The Morgan fingerprint density at radius 1 is 0.254 bits per heavy atom. The number of fused-ring (bicyclic) bond motifs is 15. The minimum Gasteiger partial charge on any atom is -0.456 e. The van der Waals surface area contributed by atoms with Gasteiger partial charge >= 0.3 is 0 Å². The summed E-state index contributed by atoms with van der Waals surface area (Å²) >= 11 is 3.76. The van der Waals surface area contributed by atoms with Gasteiger partial charge in [0, 0.05) is 84.5 Å². The molecule has 2 atom stereocenters. The SMILES string of the molecule is c1ccc(C(c2ccc3c(c2)oc2cc4c(cc23)oc2cc3c(cc24)oc2cc(C(c4ccccc4)c4cccc5c4sc4ccccc45)ccc23)c2cccc3c2sc2ccccc23)cc1. The second-order valence-corrected chi connectivity index (χ2v) is 19.9. The van der Waals surface area contributed by atoms with Crippen LogP contribution < -0.4 is 0 Å². The van der Waals surface area contributed by atoms with Crippen molar-refractivity contribution in [2.75, 3.05) is 0 Å². The fourth-order valence-electron chi connectivity index (χ4n) is 11.1. The van der Waals surface area contributed by atoms with E-state index in [0.29, 0.717) is 0 Å². The van der Waals surface area contributed by atoms with Crippen LogP contribution in [0.1, 0.15) is 45.2 Å². The van der Waals surface area contributed by atoms with Crippen molar-refractivity contribution in [3.8, 4) is 0 Å². The van der Waals surface area contributed by atoms with Crippen LogP contribution in [-0.4, -0.2) is 0 Å². The molecule has 0 bridgehead atoms. The Kier molecular flexibility index (Phi) is 7.94. The monoisotopic (exact) mass is 892 g/mol. The van der Waals surface area contributed by atoms with Gasteiger partial charge in [-0.1, -0.05) is 158 Å². The topological polar surface area (TPSA) is 39.4 Å². The zero-order valence-electron chi connectivity index (χ0n) is 35.8. The first-order valence-corrected chi connectivity index (χ1v) is 24.4. The molecule has 15 aromatic rings. The summed E-state index contributed by atoms with van der Waals surface area (Å²) in [5, 5.41) is 11.4. The van der Waals surface area contributed by atoms with E-state index in [4.69, 9.17) is 13.3 Å². The van der Waals surface area contributed by atoms with E-state index in [2.05, 4.69) is 206 Å². The van der Waals surface area contributed by atoms with Crippen LogP contribution in [0.5, 0.6) is 0 Å². The summed E-state index contributed by atoms with van der Waals surface area (Å²) < 4.78 is 25.6. The largest absolute Gasteiger partial charge is 0.456 e. The van der Waals surface area contributed by atoms with Crippen LogP contribution in [0.2, 0.25) is 0 Å². The molecule has 5 heteroatoms. The lowest BCUT2D eigenvalue weighted by molar-refractivity contribution is 0.662. The van der Waals surface area contributed by atoms with Crippen molar-refractivity contribution < 1.29 is 13.3 Å². The van der Waals surface area contributed by atoms with E-state index in [0.717, 1.165) is 65.8 Å². The summed E-state index contributed by atoms with van der Waals surface area (Å²) in [7, 11) is 0. The molecular weight excluding hydrogens is 857 g/mol. The molecule has 0 saturated carbocycles. The zero-order chi connectivity index (χ0) is 43.7. The lowest BCUT2D eigenvalue weighted by atomic mass is 9.84. The van der Waals surface area contributed by atoms with E-state index in [9.17, 15) is 0 Å². The number of furan rings is 3. The van der Waals surface area contributed by atoms with Crippen LogP contribution >= 0.6 is 22.7 Å². The van der Waals surface area contributed by atoms with E-state index in [1.807, 2.05) is 22.7 Å². The van der Waals surface area contributed by atoms with E-state index in [1.54, 1.807) is 0 Å². The number of hydrogen-bond acceptors (Lipinski definition) is 5. The molecule has 0 spiro atoms. The maximum Gasteiger partial charge on any atom is 0.136 e. The predicted molar refractivity (Wildman–Crippen MR) is 282 cm³/mol. The predicted octanol–water partition coefficient (Wildman–Crippen LogP) is 18.5. The number of thiophene rings is 2. The summed E-state index contributed by atoms with van der Waals surface area (Å²) in [5.74, 6) is 0.0523. The van der Waals surface area contributed by atoms with E-state index in [-0.39, 0.29) is 11.8 Å². The Hall–Kier alpha value is -7.96. The average molecular weight is 893 g/mol. The first kappa shape index (κ1) is 37.3. The normalized spacial score (nSPS) is 13.3. The molecule has 5 aromatic heterocycles. The van der Waals surface area contributed by atoms with Crippen LogP contribution in [0.15, 0.2) is 220 Å². The lowest BCUT2D eigenvalue weighted by Gasteiger charge is -2.20. The van der Waals surface area contributed by atoms with Crippen molar-refractivity contribution >= 4 is 129 Å². The van der Waals surface area contributed by atoms with Gasteiger partial charge in [-0.3, -0.25) is 0 Å². The molecule has 67 heavy (non-hydrogen) atoms. The smallest absolute Gasteiger partial charge is 0.136 e. The molecular formula is C62H36O3S2. The Bertz CT molecular complexity index is 4180. The van der Waals surface area contributed by atoms with Crippen LogP contribution in [0.4, 0.5) is 0 Å². The summed E-state index contributed by atoms with van der Waals surface area (Å²) in [6.07, 6.45) is 0. The Morgan fingerprint density at radius 2 is 0.612 bits per heavy atom. The molecule has 0 N–H and O–H groups in total. The average Bonchev–Trinajstić information content (AvgIpc) is 4.20. The molecule has 0 aliphatic heterocycles. The molecule has 3 nitrogen and oxygen atoms in total. The highest BCUT2D eigenvalue weighted by Gasteiger charge is 2.25. The van der Waals surface area contributed by atoms with Crippen molar-refractivity contribution in [3.05, 3.63) is 240 Å². The highest BCUT2D eigenvalue weighted by atomic mass is 32.1. The molecule has 5 heterocycles. The van der Waals surface area contributed by atoms with Gasteiger partial charge < -0.3 is 13.3 Å². The Balaban J connectivity index is 0.845. The van der Waals surface area contributed by atoms with Gasteiger partial charge in [-0.2, -0.15) is 0 Å². The fourth-order valence-corrected chi connectivity index (χ4v) is 13.6. The standard InChI is InChI=1S/C62H36O3S2/c1-3-13-35(14-4-1)59(45-21-11-19-43-41-17-7-9-23-57(41)66-61(43)45)37-25-27-39-47-31-55-49(33-53(47)63-51(39)29-37)50-34-54-48(32-56(50)65-55)40-28-26-38(30-52(40)64-54)60(36-15-5-2-6-16-36)46-22-12-20-44-42-18-8-10-24-58(42)67-62(44)46/h1-34,59-60H. The van der Waals surface area contributed by atoms with Gasteiger partial charge in [-0.25, -0.2) is 0 Å². The summed E-state index contributed by atoms with van der Waals surface area (Å²) in [5.41, 5.74) is 12.5. The van der Waals surface area contributed by atoms with Crippen LogP contribution in [0.25, 0.3) is 106 Å². The van der Waals surface area contributed by atoms with E-state index >= 15 is 0 Å². The maximum absolute atomic E-state index is 6.80. The van der Waals surface area contributed by atoms with Gasteiger partial charge in [0.05, 0.1) is 0 Å². The first-order valence-electron chi connectivity index (χ1n) is 22.8. The summed E-state index contributed by atoms with van der Waals surface area (Å²) in [4.78, 5) is 0. The van der Waals surface area contributed by atoms with E-state index in [1.165, 1.54) is 73.7 Å². The number of benzene rings is 10.